The van der Waals surface area contributed by atoms with Gasteiger partial charge in [-0.3, -0.25) is 0 Å². The fourth-order valence-electron chi connectivity index (χ4n) is 3.71. The van der Waals surface area contributed by atoms with Crippen molar-refractivity contribution in [3.63, 3.8) is 0 Å². The van der Waals surface area contributed by atoms with Crippen molar-refractivity contribution in [1.82, 2.24) is 5.32 Å². The maximum atomic E-state index is 11.8. The highest BCUT2D eigenvalue weighted by Gasteiger charge is 2.17. The standard InChI is InChI=1S/C23H28ClN3O2S/c1-15-5-4-12-27(14-15)19-9-6-17(7-10-19)16(2)25-23(30)26-18-8-11-21(24)20(13-18)22(28)29-3/h6-11,13,15-16H,4-5,12,14H2,1-3H3,(H2,25,26,30)/t15-,16-/m1/s1. The number of methoxy groups -OCH3 is 1. The molecule has 0 bridgehead atoms. The average Bonchev–Trinajstić information content (AvgIpc) is 2.74. The summed E-state index contributed by atoms with van der Waals surface area (Å²) in [4.78, 5) is 14.3. The lowest BCUT2D eigenvalue weighted by Crippen LogP contribution is -2.34. The van der Waals surface area contributed by atoms with Crippen LogP contribution in [0.1, 0.15) is 48.7 Å². The number of nitrogens with zero attached hydrogens (tertiary/aromatic N) is 1. The maximum absolute atomic E-state index is 11.8. The first-order valence-electron chi connectivity index (χ1n) is 10.2. The second-order valence-electron chi connectivity index (χ2n) is 7.79. The van der Waals surface area contributed by atoms with Crippen molar-refractivity contribution < 1.29 is 9.53 Å². The van der Waals surface area contributed by atoms with Crippen LogP contribution in [0.5, 0.6) is 0 Å². The summed E-state index contributed by atoms with van der Waals surface area (Å²) in [6.45, 7) is 6.62. The van der Waals surface area contributed by atoms with E-state index >= 15 is 0 Å². The predicted molar refractivity (Wildman–Crippen MR) is 128 cm³/mol. The van der Waals surface area contributed by atoms with Crippen LogP contribution < -0.4 is 15.5 Å². The van der Waals surface area contributed by atoms with Crippen LogP contribution in [0.15, 0.2) is 42.5 Å². The van der Waals surface area contributed by atoms with E-state index in [1.54, 1.807) is 18.2 Å². The zero-order chi connectivity index (χ0) is 21.7. The van der Waals surface area contributed by atoms with Gasteiger partial charge in [0.25, 0.3) is 0 Å². The topological polar surface area (TPSA) is 53.6 Å². The third-order valence-corrected chi connectivity index (χ3v) is 5.94. The molecule has 0 spiro atoms. The summed E-state index contributed by atoms with van der Waals surface area (Å²) in [5, 5.41) is 7.19. The van der Waals surface area contributed by atoms with Gasteiger partial charge in [-0.2, -0.15) is 0 Å². The van der Waals surface area contributed by atoms with Crippen molar-refractivity contribution in [2.24, 2.45) is 5.92 Å². The highest BCUT2D eigenvalue weighted by Crippen LogP contribution is 2.25. The molecule has 5 nitrogen and oxygen atoms in total. The quantitative estimate of drug-likeness (QED) is 0.474. The number of nitrogens with one attached hydrogen (secondary N) is 2. The van der Waals surface area contributed by atoms with Crippen LogP contribution in [0.4, 0.5) is 11.4 Å². The van der Waals surface area contributed by atoms with Gasteiger partial charge in [0.1, 0.15) is 0 Å². The molecule has 0 amide bonds. The van der Waals surface area contributed by atoms with Gasteiger partial charge in [-0.15, -0.1) is 0 Å². The minimum Gasteiger partial charge on any atom is -0.465 e. The van der Waals surface area contributed by atoms with E-state index in [1.807, 2.05) is 0 Å². The van der Waals surface area contributed by atoms with Crippen molar-refractivity contribution in [3.8, 4) is 0 Å². The molecule has 2 N–H and O–H groups in total. The second kappa shape index (κ2) is 10.1. The van der Waals surface area contributed by atoms with Gasteiger partial charge in [0.15, 0.2) is 5.11 Å². The summed E-state index contributed by atoms with van der Waals surface area (Å²) < 4.78 is 4.76. The molecule has 1 heterocycles. The van der Waals surface area contributed by atoms with Gasteiger partial charge in [-0.05, 0) is 73.8 Å². The first-order valence-corrected chi connectivity index (χ1v) is 11.0. The number of anilines is 2. The van der Waals surface area contributed by atoms with Crippen molar-refractivity contribution >= 4 is 46.3 Å². The lowest BCUT2D eigenvalue weighted by atomic mass is 9.99. The molecule has 0 unspecified atom stereocenters. The van der Waals surface area contributed by atoms with Gasteiger partial charge in [0.2, 0.25) is 0 Å². The predicted octanol–water partition coefficient (Wildman–Crippen LogP) is 5.41. The number of hydrogen-bond acceptors (Lipinski definition) is 4. The lowest BCUT2D eigenvalue weighted by Gasteiger charge is -2.33. The van der Waals surface area contributed by atoms with E-state index in [1.165, 1.54) is 25.6 Å². The Morgan fingerprint density at radius 1 is 1.27 bits per heavy atom. The normalized spacial score (nSPS) is 17.2. The number of benzene rings is 2. The Kier molecular flexibility index (Phi) is 7.56. The van der Waals surface area contributed by atoms with E-state index in [2.05, 4.69) is 53.6 Å². The minimum atomic E-state index is -0.487. The second-order valence-corrected chi connectivity index (χ2v) is 8.61. The molecule has 3 rings (SSSR count). The van der Waals surface area contributed by atoms with Crippen LogP contribution in [0.2, 0.25) is 5.02 Å². The Morgan fingerprint density at radius 3 is 2.67 bits per heavy atom. The van der Waals surface area contributed by atoms with E-state index in [4.69, 9.17) is 28.6 Å². The van der Waals surface area contributed by atoms with Crippen LogP contribution >= 0.6 is 23.8 Å². The van der Waals surface area contributed by atoms with E-state index < -0.39 is 5.97 Å². The lowest BCUT2D eigenvalue weighted by molar-refractivity contribution is 0.0601. The van der Waals surface area contributed by atoms with Crippen LogP contribution in [-0.4, -0.2) is 31.3 Å². The molecule has 2 aromatic rings. The number of hydrogen-bond donors (Lipinski definition) is 2. The Labute approximate surface area is 188 Å². The van der Waals surface area contributed by atoms with Gasteiger partial charge in [0, 0.05) is 24.5 Å². The summed E-state index contributed by atoms with van der Waals surface area (Å²) in [7, 11) is 1.32. The van der Waals surface area contributed by atoms with Crippen LogP contribution in [0.3, 0.4) is 0 Å². The summed E-state index contributed by atoms with van der Waals surface area (Å²) >= 11 is 11.5. The van der Waals surface area contributed by atoms with Crippen LogP contribution in [0, 0.1) is 5.92 Å². The molecule has 7 heteroatoms. The van der Waals surface area contributed by atoms with Crippen molar-refractivity contribution in [1.29, 1.82) is 0 Å². The number of carbonyl (C=O) groups is 1. The largest absolute Gasteiger partial charge is 0.465 e. The number of thiocarbonyl (C=S) groups is 1. The van der Waals surface area contributed by atoms with Crippen molar-refractivity contribution in [3.05, 3.63) is 58.6 Å². The molecule has 1 fully saturated rings. The fraction of sp³-hybridized carbons (Fsp3) is 0.391. The molecule has 160 valence electrons. The Bertz CT molecular complexity index is 904. The SMILES string of the molecule is COC(=O)c1cc(NC(=S)N[C@H](C)c2ccc(N3CCC[C@@H](C)C3)cc2)ccc1Cl. The minimum absolute atomic E-state index is 0.0340. The first-order chi connectivity index (χ1) is 14.4. The van der Waals surface area contributed by atoms with E-state index in [-0.39, 0.29) is 6.04 Å². The first kappa shape index (κ1) is 22.4. The summed E-state index contributed by atoms with van der Waals surface area (Å²) in [6, 6.07) is 13.7. The summed E-state index contributed by atoms with van der Waals surface area (Å²) in [6.07, 6.45) is 2.57. The zero-order valence-corrected chi connectivity index (χ0v) is 19.1. The third-order valence-electron chi connectivity index (χ3n) is 5.39. The molecule has 1 aliphatic heterocycles. The number of halogens is 1. The molecule has 0 radical (unpaired) electrons. The molecular weight excluding hydrogens is 418 g/mol. The Hall–Kier alpha value is -2.31. The van der Waals surface area contributed by atoms with Gasteiger partial charge in [0.05, 0.1) is 23.7 Å². The van der Waals surface area contributed by atoms with Gasteiger partial charge < -0.3 is 20.3 Å². The maximum Gasteiger partial charge on any atom is 0.339 e. The molecule has 0 aromatic heterocycles. The third kappa shape index (κ3) is 5.64. The Balaban J connectivity index is 1.60. The van der Waals surface area contributed by atoms with Crippen molar-refractivity contribution in [2.75, 3.05) is 30.4 Å². The average molecular weight is 446 g/mol. The molecule has 1 aliphatic rings. The molecule has 0 saturated carbocycles. The molecule has 30 heavy (non-hydrogen) atoms. The van der Waals surface area contributed by atoms with Crippen LogP contribution in [-0.2, 0) is 4.74 Å². The van der Waals surface area contributed by atoms with Gasteiger partial charge >= 0.3 is 5.97 Å². The Morgan fingerprint density at radius 2 is 2.00 bits per heavy atom. The van der Waals surface area contributed by atoms with E-state index in [0.29, 0.717) is 21.4 Å². The van der Waals surface area contributed by atoms with E-state index in [0.717, 1.165) is 24.6 Å². The number of carbonyl (C=O) groups excluding carboxylic acids is 1. The number of rotatable bonds is 5. The van der Waals surface area contributed by atoms with Crippen molar-refractivity contribution in [2.45, 2.75) is 32.7 Å². The number of ether oxygens (including phenoxy) is 1. The highest BCUT2D eigenvalue weighted by molar-refractivity contribution is 7.80. The summed E-state index contributed by atoms with van der Waals surface area (Å²) in [5.74, 6) is 0.258. The molecule has 2 aromatic carbocycles. The van der Waals surface area contributed by atoms with Gasteiger partial charge in [-0.1, -0.05) is 30.7 Å². The number of piperidine rings is 1. The number of esters is 1. The molecule has 2 atom stereocenters. The molecule has 1 saturated heterocycles. The fourth-order valence-corrected chi connectivity index (χ4v) is 4.20. The van der Waals surface area contributed by atoms with Crippen LogP contribution in [0.25, 0.3) is 0 Å². The molecule has 0 aliphatic carbocycles. The highest BCUT2D eigenvalue weighted by atomic mass is 35.5. The monoisotopic (exact) mass is 445 g/mol. The van der Waals surface area contributed by atoms with E-state index in [9.17, 15) is 4.79 Å². The summed E-state index contributed by atoms with van der Waals surface area (Å²) in [5.41, 5.74) is 3.38. The zero-order valence-electron chi connectivity index (χ0n) is 17.6. The molecular formula is C23H28ClN3O2S. The van der Waals surface area contributed by atoms with Gasteiger partial charge in [-0.25, -0.2) is 4.79 Å². The smallest absolute Gasteiger partial charge is 0.339 e.